The SMILES string of the molecule is CC(C)C(=CCO)C(C)C.O=S(=O)(O)O.[CH2-]c1ccccc1.[K+]. The van der Waals surface area contributed by atoms with Crippen molar-refractivity contribution in [3.63, 3.8) is 0 Å². The van der Waals surface area contributed by atoms with E-state index >= 15 is 0 Å². The van der Waals surface area contributed by atoms with Gasteiger partial charge in [-0.15, -0.1) is 12.1 Å². The molecule has 1 rings (SSSR count). The Kier molecular flexibility index (Phi) is 19.3. The fourth-order valence-electron chi connectivity index (χ4n) is 1.72. The Morgan fingerprint density at radius 2 is 1.43 bits per heavy atom. The van der Waals surface area contributed by atoms with E-state index in [2.05, 4.69) is 34.6 Å². The van der Waals surface area contributed by atoms with Gasteiger partial charge in [-0.05, 0) is 11.8 Å². The second kappa shape index (κ2) is 15.8. The first-order valence-electron chi connectivity index (χ1n) is 6.86. The Balaban J connectivity index is -0.000000270. The molecule has 0 saturated carbocycles. The van der Waals surface area contributed by atoms with E-state index in [9.17, 15) is 0 Å². The molecule has 0 aliphatic heterocycles. The number of benzene rings is 1. The summed E-state index contributed by atoms with van der Waals surface area (Å²) in [5.74, 6) is 1.12. The van der Waals surface area contributed by atoms with E-state index in [0.29, 0.717) is 11.8 Å². The third kappa shape index (κ3) is 24.7. The molecule has 0 atom stereocenters. The fourth-order valence-corrected chi connectivity index (χ4v) is 1.72. The van der Waals surface area contributed by atoms with Gasteiger partial charge in [-0.3, -0.25) is 9.11 Å². The molecule has 0 unspecified atom stereocenters. The minimum atomic E-state index is -4.67. The van der Waals surface area contributed by atoms with Crippen molar-refractivity contribution in [2.45, 2.75) is 27.7 Å². The quantitative estimate of drug-likeness (QED) is 0.311. The maximum absolute atomic E-state index is 8.74. The first-order valence-corrected chi connectivity index (χ1v) is 8.26. The standard InChI is InChI=1S/C9H18O.C7H7.K.H2O4S/c1-7(2)9(5-6-10)8(3)4;1-7-5-3-2-4-6-7;;1-5(2,3)4/h5,7-8,10H,6H2,1-4H3;2-6H,1H2;;(H2,1,2,3,4)/q;-1;+1;. The van der Waals surface area contributed by atoms with Crippen molar-refractivity contribution >= 4 is 10.4 Å². The molecule has 0 fully saturated rings. The minimum absolute atomic E-state index is 0. The van der Waals surface area contributed by atoms with E-state index in [4.69, 9.17) is 22.6 Å². The summed E-state index contributed by atoms with van der Waals surface area (Å²) in [4.78, 5) is 0. The van der Waals surface area contributed by atoms with Crippen LogP contribution in [0.4, 0.5) is 0 Å². The van der Waals surface area contributed by atoms with Crippen molar-refractivity contribution < 1.29 is 74.0 Å². The fraction of sp³-hybridized carbons (Fsp3) is 0.438. The van der Waals surface area contributed by atoms with Gasteiger partial charge in [0, 0.05) is 0 Å². The maximum Gasteiger partial charge on any atom is 1.00 e. The molecule has 0 saturated heterocycles. The first kappa shape index (κ1) is 28.1. The molecule has 0 aliphatic carbocycles. The summed E-state index contributed by atoms with van der Waals surface area (Å²) < 4.78 is 31.6. The molecule has 5 nitrogen and oxygen atoms in total. The van der Waals surface area contributed by atoms with Crippen molar-refractivity contribution in [3.05, 3.63) is 54.5 Å². The molecule has 0 heterocycles. The predicted molar refractivity (Wildman–Crippen MR) is 89.9 cm³/mol. The maximum atomic E-state index is 8.74. The second-order valence-electron chi connectivity index (χ2n) is 5.13. The van der Waals surface area contributed by atoms with Crippen molar-refractivity contribution in [1.82, 2.24) is 0 Å². The number of aliphatic hydroxyl groups is 1. The van der Waals surface area contributed by atoms with E-state index in [1.54, 1.807) is 0 Å². The van der Waals surface area contributed by atoms with Crippen LogP contribution in [0.5, 0.6) is 0 Å². The average molecular weight is 371 g/mol. The number of aliphatic hydroxyl groups excluding tert-OH is 1. The largest absolute Gasteiger partial charge is 1.00 e. The van der Waals surface area contributed by atoms with Gasteiger partial charge in [-0.1, -0.05) is 45.4 Å². The molecule has 3 N–H and O–H groups in total. The Morgan fingerprint density at radius 1 is 1.09 bits per heavy atom. The van der Waals surface area contributed by atoms with Crippen LogP contribution in [-0.2, 0) is 10.4 Å². The zero-order valence-corrected chi connectivity index (χ0v) is 18.5. The van der Waals surface area contributed by atoms with Crippen LogP contribution in [0.1, 0.15) is 33.3 Å². The van der Waals surface area contributed by atoms with E-state index in [0.717, 1.165) is 5.56 Å². The van der Waals surface area contributed by atoms with Crippen LogP contribution in [0.2, 0.25) is 0 Å². The Morgan fingerprint density at radius 3 is 1.57 bits per heavy atom. The van der Waals surface area contributed by atoms with E-state index in [-0.39, 0.29) is 58.0 Å². The van der Waals surface area contributed by atoms with E-state index in [1.807, 2.05) is 36.4 Å². The van der Waals surface area contributed by atoms with E-state index < -0.39 is 10.4 Å². The molecule has 1 aromatic carbocycles. The molecule has 7 heteroatoms. The summed E-state index contributed by atoms with van der Waals surface area (Å²) in [6, 6.07) is 9.87. The van der Waals surface area contributed by atoms with E-state index in [1.165, 1.54) is 5.57 Å². The predicted octanol–water partition coefficient (Wildman–Crippen LogP) is 0.437. The molecule has 23 heavy (non-hydrogen) atoms. The number of allylic oxidation sites excluding steroid dienone is 1. The van der Waals surface area contributed by atoms with Gasteiger partial charge in [0.05, 0.1) is 6.61 Å². The van der Waals surface area contributed by atoms with Crippen LogP contribution in [0.3, 0.4) is 0 Å². The molecule has 1 aromatic rings. The average Bonchev–Trinajstić information content (AvgIpc) is 2.34. The molecular weight excluding hydrogens is 343 g/mol. The van der Waals surface area contributed by atoms with Crippen molar-refractivity contribution in [1.29, 1.82) is 0 Å². The van der Waals surface area contributed by atoms with Crippen LogP contribution in [0, 0.1) is 18.8 Å². The van der Waals surface area contributed by atoms with Gasteiger partial charge in [0.15, 0.2) is 0 Å². The molecule has 0 amide bonds. The van der Waals surface area contributed by atoms with Crippen molar-refractivity contribution in [2.75, 3.05) is 6.61 Å². The van der Waals surface area contributed by atoms with Crippen molar-refractivity contribution in [2.24, 2.45) is 11.8 Å². The zero-order chi connectivity index (χ0) is 17.8. The van der Waals surface area contributed by atoms with Gasteiger partial charge >= 0.3 is 61.8 Å². The van der Waals surface area contributed by atoms with Crippen LogP contribution in [0.25, 0.3) is 0 Å². The van der Waals surface area contributed by atoms with Gasteiger partial charge in [-0.2, -0.15) is 33.0 Å². The molecule has 0 radical (unpaired) electrons. The smallest absolute Gasteiger partial charge is 0.392 e. The number of rotatable bonds is 3. The van der Waals surface area contributed by atoms with Gasteiger partial charge in [0.1, 0.15) is 0 Å². The molecule has 0 aliphatic rings. The van der Waals surface area contributed by atoms with Crippen LogP contribution < -0.4 is 51.4 Å². The molecule has 0 aromatic heterocycles. The summed E-state index contributed by atoms with van der Waals surface area (Å²) in [5.41, 5.74) is 2.42. The summed E-state index contributed by atoms with van der Waals surface area (Å²) in [6.07, 6.45) is 1.91. The number of hydrogen-bond acceptors (Lipinski definition) is 3. The third-order valence-corrected chi connectivity index (χ3v) is 2.50. The second-order valence-corrected chi connectivity index (χ2v) is 6.03. The molecule has 0 spiro atoms. The Labute approximate surface area is 183 Å². The Hall–Kier alpha value is 0.296. The molecule has 128 valence electrons. The zero-order valence-electron chi connectivity index (χ0n) is 14.6. The third-order valence-electron chi connectivity index (χ3n) is 2.50. The first-order chi connectivity index (χ1) is 9.99. The monoisotopic (exact) mass is 370 g/mol. The Bertz CT molecular complexity index is 493. The van der Waals surface area contributed by atoms with Crippen molar-refractivity contribution in [3.8, 4) is 0 Å². The van der Waals surface area contributed by atoms with Crippen LogP contribution in [-0.4, -0.2) is 29.2 Å². The summed E-state index contributed by atoms with van der Waals surface area (Å²) >= 11 is 0. The summed E-state index contributed by atoms with van der Waals surface area (Å²) in [7, 11) is -4.67. The van der Waals surface area contributed by atoms with Gasteiger partial charge < -0.3 is 5.11 Å². The van der Waals surface area contributed by atoms with Crippen LogP contribution in [0.15, 0.2) is 42.0 Å². The summed E-state index contributed by atoms with van der Waals surface area (Å²) in [6.45, 7) is 12.5. The van der Waals surface area contributed by atoms with Gasteiger partial charge in [0.2, 0.25) is 0 Å². The normalized spacial score (nSPS) is 9.78. The van der Waals surface area contributed by atoms with Crippen LogP contribution >= 0.6 is 0 Å². The molecule has 0 bridgehead atoms. The minimum Gasteiger partial charge on any atom is -0.392 e. The van der Waals surface area contributed by atoms with Gasteiger partial charge in [-0.25, -0.2) is 0 Å². The van der Waals surface area contributed by atoms with Gasteiger partial charge in [0.25, 0.3) is 0 Å². The number of hydrogen-bond donors (Lipinski definition) is 3. The summed E-state index contributed by atoms with van der Waals surface area (Å²) in [5, 5.41) is 8.66. The molecular formula is C16H27KO5S. The topological polar surface area (TPSA) is 94.8 Å².